The molecule has 2 fully saturated rings. The maximum Gasteiger partial charge on any atom is 0.162 e. The first-order valence-electron chi connectivity index (χ1n) is 8.80. The lowest BCUT2D eigenvalue weighted by Crippen LogP contribution is -2.37. The molecule has 0 spiro atoms. The first-order chi connectivity index (χ1) is 11.4. The van der Waals surface area contributed by atoms with Crippen molar-refractivity contribution in [1.82, 2.24) is 14.8 Å². The molecule has 4 nitrogen and oxygen atoms in total. The molecule has 0 unspecified atom stereocenters. The lowest BCUT2D eigenvalue weighted by Gasteiger charge is -2.33. The average Bonchev–Trinajstić information content (AvgIpc) is 3.31. The summed E-state index contributed by atoms with van der Waals surface area (Å²) >= 11 is 1.68. The van der Waals surface area contributed by atoms with Crippen LogP contribution < -0.4 is 0 Å². The van der Waals surface area contributed by atoms with Crippen molar-refractivity contribution >= 4 is 11.3 Å². The zero-order chi connectivity index (χ0) is 15.5. The van der Waals surface area contributed by atoms with Crippen molar-refractivity contribution in [3.05, 3.63) is 29.5 Å². The summed E-state index contributed by atoms with van der Waals surface area (Å²) in [5, 5.41) is 3.17. The van der Waals surface area contributed by atoms with Crippen molar-refractivity contribution in [3.63, 3.8) is 0 Å². The van der Waals surface area contributed by atoms with Crippen LogP contribution in [0.4, 0.5) is 0 Å². The van der Waals surface area contributed by atoms with Gasteiger partial charge in [0.2, 0.25) is 0 Å². The van der Waals surface area contributed by atoms with Crippen LogP contribution >= 0.6 is 11.3 Å². The summed E-state index contributed by atoms with van der Waals surface area (Å²) < 4.78 is 5.43. The lowest BCUT2D eigenvalue weighted by molar-refractivity contribution is 0.148. The van der Waals surface area contributed by atoms with Crippen LogP contribution in [0.3, 0.4) is 0 Å². The topological polar surface area (TPSA) is 32.5 Å². The van der Waals surface area contributed by atoms with Crippen LogP contribution in [0.15, 0.2) is 28.2 Å². The van der Waals surface area contributed by atoms with E-state index >= 15 is 0 Å². The number of nitrogens with zero attached hydrogens (tertiary/aromatic N) is 3. The second kappa shape index (κ2) is 7.16. The van der Waals surface area contributed by atoms with Gasteiger partial charge in [0, 0.05) is 18.5 Å². The molecule has 0 radical (unpaired) electrons. The van der Waals surface area contributed by atoms with Gasteiger partial charge in [-0.1, -0.05) is 0 Å². The van der Waals surface area contributed by atoms with E-state index in [9.17, 15) is 0 Å². The summed E-state index contributed by atoms with van der Waals surface area (Å²) in [7, 11) is 0. The van der Waals surface area contributed by atoms with Crippen molar-refractivity contribution in [2.75, 3.05) is 32.7 Å². The number of furan rings is 1. The van der Waals surface area contributed by atoms with Crippen LogP contribution in [0.25, 0.3) is 10.8 Å². The molecule has 0 atom stereocenters. The molecule has 0 aromatic carbocycles. The Labute approximate surface area is 142 Å². The maximum absolute atomic E-state index is 5.43. The fourth-order valence-corrected chi connectivity index (χ4v) is 4.56. The minimum Gasteiger partial charge on any atom is -0.462 e. The van der Waals surface area contributed by atoms with Crippen LogP contribution in [0.2, 0.25) is 0 Å². The number of rotatable bonds is 5. The standard InChI is InChI=1S/C18H25N3OS/c1-2-8-20(7-1)12-15-5-9-21(10-6-15)13-16-14-23-18(19-16)17-4-3-11-22-17/h3-4,11,14-15H,1-2,5-10,12-13H2. The molecule has 2 aromatic rings. The largest absolute Gasteiger partial charge is 0.462 e. The number of aromatic nitrogens is 1. The Bertz CT molecular complexity index is 596. The van der Waals surface area contributed by atoms with E-state index in [1.807, 2.05) is 12.1 Å². The Morgan fingerprint density at radius 2 is 1.96 bits per heavy atom. The van der Waals surface area contributed by atoms with E-state index in [1.165, 1.54) is 64.1 Å². The summed E-state index contributed by atoms with van der Waals surface area (Å²) in [4.78, 5) is 9.94. The minimum atomic E-state index is 0.880. The first kappa shape index (κ1) is 15.4. The van der Waals surface area contributed by atoms with Crippen LogP contribution in [-0.2, 0) is 6.54 Å². The fourth-order valence-electron chi connectivity index (χ4n) is 3.78. The Hall–Kier alpha value is -1.17. The molecule has 0 bridgehead atoms. The zero-order valence-corrected chi connectivity index (χ0v) is 14.4. The Balaban J connectivity index is 1.26. The van der Waals surface area contributed by atoms with Crippen LogP contribution in [0.5, 0.6) is 0 Å². The van der Waals surface area contributed by atoms with E-state index in [0.717, 1.165) is 23.2 Å². The lowest BCUT2D eigenvalue weighted by atomic mass is 9.96. The monoisotopic (exact) mass is 331 g/mol. The molecule has 2 aliphatic heterocycles. The van der Waals surface area contributed by atoms with Crippen LogP contribution in [0, 0.1) is 5.92 Å². The smallest absolute Gasteiger partial charge is 0.162 e. The van der Waals surface area contributed by atoms with E-state index in [1.54, 1.807) is 17.6 Å². The number of hydrogen-bond donors (Lipinski definition) is 0. The molecule has 124 valence electrons. The molecule has 4 heterocycles. The van der Waals surface area contributed by atoms with E-state index in [2.05, 4.69) is 15.2 Å². The maximum atomic E-state index is 5.43. The normalized spacial score (nSPS) is 21.2. The Morgan fingerprint density at radius 1 is 1.13 bits per heavy atom. The minimum absolute atomic E-state index is 0.880. The summed E-state index contributed by atoms with van der Waals surface area (Å²) in [5.74, 6) is 1.78. The second-order valence-electron chi connectivity index (χ2n) is 6.85. The first-order valence-corrected chi connectivity index (χ1v) is 9.68. The van der Waals surface area contributed by atoms with Crippen LogP contribution in [0.1, 0.15) is 31.4 Å². The molecule has 5 heteroatoms. The van der Waals surface area contributed by atoms with Gasteiger partial charge in [-0.3, -0.25) is 4.90 Å². The van der Waals surface area contributed by atoms with Gasteiger partial charge in [0.25, 0.3) is 0 Å². The number of thiazole rings is 1. The molecular weight excluding hydrogens is 306 g/mol. The highest BCUT2D eigenvalue weighted by Gasteiger charge is 2.23. The Morgan fingerprint density at radius 3 is 2.70 bits per heavy atom. The van der Waals surface area contributed by atoms with Gasteiger partial charge >= 0.3 is 0 Å². The molecule has 2 aromatic heterocycles. The number of likely N-dealkylation sites (tertiary alicyclic amines) is 2. The van der Waals surface area contributed by atoms with Gasteiger partial charge < -0.3 is 9.32 Å². The summed E-state index contributed by atoms with van der Waals surface area (Å²) in [6.45, 7) is 7.39. The highest BCUT2D eigenvalue weighted by Crippen LogP contribution is 2.26. The molecule has 2 saturated heterocycles. The quantitative estimate of drug-likeness (QED) is 0.836. The fraction of sp³-hybridized carbons (Fsp3) is 0.611. The molecular formula is C18H25N3OS. The molecule has 0 amide bonds. The van der Waals surface area contributed by atoms with Crippen molar-refractivity contribution in [2.24, 2.45) is 5.92 Å². The van der Waals surface area contributed by atoms with Crippen molar-refractivity contribution < 1.29 is 4.42 Å². The highest BCUT2D eigenvalue weighted by atomic mass is 32.1. The van der Waals surface area contributed by atoms with Gasteiger partial charge in [-0.15, -0.1) is 11.3 Å². The predicted octanol–water partition coefficient (Wildman–Crippen LogP) is 3.71. The SMILES string of the molecule is c1coc(-c2nc(CN3CCC(CN4CCCC4)CC3)cs2)c1. The summed E-state index contributed by atoms with van der Waals surface area (Å²) in [6, 6.07) is 3.90. The van der Waals surface area contributed by atoms with Crippen molar-refractivity contribution in [2.45, 2.75) is 32.2 Å². The molecule has 0 N–H and O–H groups in total. The van der Waals surface area contributed by atoms with Gasteiger partial charge in [0.15, 0.2) is 10.8 Å². The molecule has 0 saturated carbocycles. The van der Waals surface area contributed by atoms with E-state index in [0.29, 0.717) is 0 Å². The average molecular weight is 331 g/mol. The van der Waals surface area contributed by atoms with Gasteiger partial charge in [-0.05, 0) is 69.9 Å². The third-order valence-corrected chi connectivity index (χ3v) is 6.00. The third-order valence-electron chi connectivity index (χ3n) is 5.09. The van der Waals surface area contributed by atoms with E-state index in [-0.39, 0.29) is 0 Å². The summed E-state index contributed by atoms with van der Waals surface area (Å²) in [5.41, 5.74) is 1.18. The van der Waals surface area contributed by atoms with Crippen molar-refractivity contribution in [1.29, 1.82) is 0 Å². The Kier molecular flexibility index (Phi) is 4.78. The molecule has 23 heavy (non-hydrogen) atoms. The molecule has 2 aliphatic rings. The molecule has 4 rings (SSSR count). The highest BCUT2D eigenvalue weighted by molar-refractivity contribution is 7.13. The summed E-state index contributed by atoms with van der Waals surface area (Å²) in [6.07, 6.45) is 7.19. The van der Waals surface area contributed by atoms with Gasteiger partial charge in [0.05, 0.1) is 12.0 Å². The molecule has 0 aliphatic carbocycles. The van der Waals surface area contributed by atoms with E-state index in [4.69, 9.17) is 9.40 Å². The van der Waals surface area contributed by atoms with E-state index < -0.39 is 0 Å². The number of hydrogen-bond acceptors (Lipinski definition) is 5. The van der Waals surface area contributed by atoms with Crippen LogP contribution in [-0.4, -0.2) is 47.5 Å². The van der Waals surface area contributed by atoms with Crippen molar-refractivity contribution in [3.8, 4) is 10.8 Å². The second-order valence-corrected chi connectivity index (χ2v) is 7.71. The predicted molar refractivity (Wildman–Crippen MR) is 93.5 cm³/mol. The van der Waals surface area contributed by atoms with Gasteiger partial charge in [-0.2, -0.15) is 0 Å². The zero-order valence-electron chi connectivity index (χ0n) is 13.6. The number of piperidine rings is 1. The van der Waals surface area contributed by atoms with Gasteiger partial charge in [0.1, 0.15) is 0 Å². The third kappa shape index (κ3) is 3.84. The van der Waals surface area contributed by atoms with Gasteiger partial charge in [-0.25, -0.2) is 4.98 Å².